The number of rotatable bonds is 10. The van der Waals surface area contributed by atoms with Crippen molar-refractivity contribution in [3.05, 3.63) is 82.9 Å². The van der Waals surface area contributed by atoms with Gasteiger partial charge in [-0.25, -0.2) is 4.39 Å². The summed E-state index contributed by atoms with van der Waals surface area (Å²) in [6.45, 7) is 6.34. The maximum absolute atomic E-state index is 13.7. The first-order valence-corrected chi connectivity index (χ1v) is 11.5. The van der Waals surface area contributed by atoms with Crippen LogP contribution in [0.25, 0.3) is 0 Å². The molecule has 0 saturated heterocycles. The quantitative estimate of drug-likeness (QED) is 0.329. The first-order valence-electron chi connectivity index (χ1n) is 10.1. The number of amides is 2. The van der Waals surface area contributed by atoms with Crippen LogP contribution in [0.2, 0.25) is 5.02 Å². The van der Waals surface area contributed by atoms with Crippen LogP contribution in [0, 0.1) is 12.7 Å². The van der Waals surface area contributed by atoms with Crippen LogP contribution >= 0.6 is 23.4 Å². The molecule has 0 bridgehead atoms. The maximum atomic E-state index is 13.7. The van der Waals surface area contributed by atoms with Crippen molar-refractivity contribution in [1.82, 2.24) is 20.1 Å². The summed E-state index contributed by atoms with van der Waals surface area (Å²) in [6, 6.07) is 11.1. The molecule has 0 unspecified atom stereocenters. The number of carbonyl (C=O) groups is 2. The Balaban J connectivity index is 1.56. The smallest absolute Gasteiger partial charge is 0.254 e. The van der Waals surface area contributed by atoms with Crippen LogP contribution in [-0.4, -0.2) is 38.9 Å². The van der Waals surface area contributed by atoms with Gasteiger partial charge in [0.1, 0.15) is 11.6 Å². The average molecular weight is 488 g/mol. The fraction of sp³-hybridized carbons (Fsp3) is 0.217. The number of aromatic nitrogens is 3. The summed E-state index contributed by atoms with van der Waals surface area (Å²) in [5.74, 6) is -0.520. The topological polar surface area (TPSA) is 88.9 Å². The van der Waals surface area contributed by atoms with Gasteiger partial charge in [-0.3, -0.25) is 9.59 Å². The minimum Gasteiger partial charge on any atom is -0.351 e. The Morgan fingerprint density at radius 1 is 1.24 bits per heavy atom. The predicted molar refractivity (Wildman–Crippen MR) is 128 cm³/mol. The lowest BCUT2D eigenvalue weighted by Gasteiger charge is -2.09. The second-order valence-corrected chi connectivity index (χ2v) is 8.43. The van der Waals surface area contributed by atoms with Gasteiger partial charge in [-0.15, -0.1) is 16.8 Å². The second-order valence-electron chi connectivity index (χ2n) is 7.08. The number of halogens is 2. The van der Waals surface area contributed by atoms with Gasteiger partial charge >= 0.3 is 0 Å². The van der Waals surface area contributed by atoms with Crippen molar-refractivity contribution in [3.8, 4) is 0 Å². The Hall–Kier alpha value is -3.17. The zero-order chi connectivity index (χ0) is 23.8. The van der Waals surface area contributed by atoms with Gasteiger partial charge in [0.25, 0.3) is 5.91 Å². The van der Waals surface area contributed by atoms with Crippen LogP contribution in [0.5, 0.6) is 0 Å². The van der Waals surface area contributed by atoms with E-state index in [1.54, 1.807) is 24.3 Å². The van der Waals surface area contributed by atoms with Crippen molar-refractivity contribution < 1.29 is 14.0 Å². The Bertz CT molecular complexity index is 1170. The lowest BCUT2D eigenvalue weighted by molar-refractivity contribution is -0.113. The third-order valence-electron chi connectivity index (χ3n) is 4.65. The van der Waals surface area contributed by atoms with E-state index in [1.165, 1.54) is 30.0 Å². The number of benzene rings is 2. The molecule has 3 rings (SSSR count). The van der Waals surface area contributed by atoms with Crippen molar-refractivity contribution in [2.45, 2.75) is 25.0 Å². The van der Waals surface area contributed by atoms with Crippen molar-refractivity contribution in [2.24, 2.45) is 0 Å². The molecule has 0 atom stereocenters. The van der Waals surface area contributed by atoms with Gasteiger partial charge in [0.2, 0.25) is 5.91 Å². The fourth-order valence-corrected chi connectivity index (χ4v) is 3.90. The summed E-state index contributed by atoms with van der Waals surface area (Å²) in [4.78, 5) is 24.5. The van der Waals surface area contributed by atoms with E-state index < -0.39 is 11.7 Å². The van der Waals surface area contributed by atoms with E-state index in [-0.39, 0.29) is 23.8 Å². The van der Waals surface area contributed by atoms with Crippen LogP contribution in [0.15, 0.2) is 60.3 Å². The molecule has 0 spiro atoms. The number of hydrogen-bond donors (Lipinski definition) is 2. The Morgan fingerprint density at radius 2 is 2.03 bits per heavy atom. The van der Waals surface area contributed by atoms with Crippen LogP contribution in [0.4, 0.5) is 10.1 Å². The minimum atomic E-state index is -0.574. The molecule has 1 aromatic heterocycles. The van der Waals surface area contributed by atoms with Crippen LogP contribution in [0.1, 0.15) is 21.7 Å². The molecule has 0 aliphatic heterocycles. The standard InChI is InChI=1S/C23H23ClFN5O2S/c1-3-12-30-20(10-11-26-22(32)17-6-4-5-7-19(17)25)28-29-23(30)33-14-21(31)27-16-9-8-15(2)18(24)13-16/h3-9,13H,1,10-12,14H2,2H3,(H,26,32)(H,27,31). The van der Waals surface area contributed by atoms with Crippen molar-refractivity contribution in [3.63, 3.8) is 0 Å². The molecule has 1 heterocycles. The van der Waals surface area contributed by atoms with E-state index >= 15 is 0 Å². The number of nitrogens with one attached hydrogen (secondary N) is 2. The monoisotopic (exact) mass is 487 g/mol. The van der Waals surface area contributed by atoms with Crippen LogP contribution in [0.3, 0.4) is 0 Å². The lowest BCUT2D eigenvalue weighted by Crippen LogP contribution is -2.27. The van der Waals surface area contributed by atoms with Crippen LogP contribution < -0.4 is 10.6 Å². The number of allylic oxidation sites excluding steroid dienone is 1. The highest BCUT2D eigenvalue weighted by molar-refractivity contribution is 7.99. The van der Waals surface area contributed by atoms with Gasteiger partial charge in [-0.05, 0) is 36.8 Å². The number of thioether (sulfide) groups is 1. The number of nitrogens with zero attached hydrogens (tertiary/aromatic N) is 3. The van der Waals surface area contributed by atoms with Crippen molar-refractivity contribution >= 4 is 40.9 Å². The van der Waals surface area contributed by atoms with Gasteiger partial charge in [0.05, 0.1) is 11.3 Å². The van der Waals surface area contributed by atoms with Gasteiger partial charge in [0, 0.05) is 30.2 Å². The largest absolute Gasteiger partial charge is 0.351 e. The molecule has 10 heteroatoms. The molecule has 0 fully saturated rings. The predicted octanol–water partition coefficient (Wildman–Crippen LogP) is 4.27. The van der Waals surface area contributed by atoms with Crippen LogP contribution in [-0.2, 0) is 17.8 Å². The molecule has 0 radical (unpaired) electrons. The van der Waals surface area contributed by atoms with Crippen molar-refractivity contribution in [1.29, 1.82) is 0 Å². The third-order valence-corrected chi connectivity index (χ3v) is 6.02. The molecule has 2 N–H and O–H groups in total. The maximum Gasteiger partial charge on any atom is 0.254 e. The normalized spacial score (nSPS) is 10.6. The zero-order valence-corrected chi connectivity index (χ0v) is 19.5. The molecule has 7 nitrogen and oxygen atoms in total. The molecule has 3 aromatic rings. The van der Waals surface area contributed by atoms with Gasteiger partial charge in [-0.1, -0.05) is 47.6 Å². The number of aryl methyl sites for hydroxylation is 1. The van der Waals surface area contributed by atoms with Gasteiger partial charge in [0.15, 0.2) is 5.16 Å². The van der Waals surface area contributed by atoms with E-state index in [0.717, 1.165) is 5.56 Å². The van der Waals surface area contributed by atoms with E-state index in [0.29, 0.717) is 34.7 Å². The fourth-order valence-electron chi connectivity index (χ4n) is 2.95. The Morgan fingerprint density at radius 3 is 2.76 bits per heavy atom. The summed E-state index contributed by atoms with van der Waals surface area (Å²) >= 11 is 7.34. The van der Waals surface area contributed by atoms with Gasteiger partial charge in [-0.2, -0.15) is 0 Å². The van der Waals surface area contributed by atoms with E-state index in [2.05, 4.69) is 27.4 Å². The van der Waals surface area contributed by atoms with E-state index in [9.17, 15) is 14.0 Å². The summed E-state index contributed by atoms with van der Waals surface area (Å²) in [6.07, 6.45) is 2.08. The molecular formula is C23H23ClFN5O2S. The highest BCUT2D eigenvalue weighted by Crippen LogP contribution is 2.21. The van der Waals surface area contributed by atoms with E-state index in [1.807, 2.05) is 17.6 Å². The summed E-state index contributed by atoms with van der Waals surface area (Å²) < 4.78 is 15.6. The Labute approximate surface area is 200 Å². The molecule has 172 valence electrons. The lowest BCUT2D eigenvalue weighted by atomic mass is 10.2. The number of anilines is 1. The number of carbonyl (C=O) groups excluding carboxylic acids is 2. The minimum absolute atomic E-state index is 0.0119. The second kappa shape index (κ2) is 11.6. The molecule has 0 aliphatic carbocycles. The first-order chi connectivity index (χ1) is 15.9. The molecule has 0 aliphatic rings. The molecule has 2 aromatic carbocycles. The number of hydrogen-bond acceptors (Lipinski definition) is 5. The average Bonchev–Trinajstić information content (AvgIpc) is 3.17. The summed E-state index contributed by atoms with van der Waals surface area (Å²) in [7, 11) is 0. The molecule has 2 amide bonds. The van der Waals surface area contributed by atoms with Gasteiger partial charge < -0.3 is 15.2 Å². The molecule has 33 heavy (non-hydrogen) atoms. The highest BCUT2D eigenvalue weighted by atomic mass is 35.5. The van der Waals surface area contributed by atoms with E-state index in [4.69, 9.17) is 11.6 Å². The third kappa shape index (κ3) is 6.66. The van der Waals surface area contributed by atoms with Crippen molar-refractivity contribution in [2.75, 3.05) is 17.6 Å². The Kier molecular flexibility index (Phi) is 8.62. The summed E-state index contributed by atoms with van der Waals surface area (Å²) in [5, 5.41) is 15.0. The highest BCUT2D eigenvalue weighted by Gasteiger charge is 2.15. The molecular weight excluding hydrogens is 465 g/mol. The molecule has 0 saturated carbocycles. The SMILES string of the molecule is C=CCn1c(CCNC(=O)c2ccccc2F)nnc1SCC(=O)Nc1ccc(C)c(Cl)c1. The first kappa shape index (κ1) is 24.5. The summed E-state index contributed by atoms with van der Waals surface area (Å²) in [5.41, 5.74) is 1.54. The zero-order valence-electron chi connectivity index (χ0n) is 18.0.